The Balaban J connectivity index is 0.974. The highest BCUT2D eigenvalue weighted by Crippen LogP contribution is 2.54. The molecule has 92 heavy (non-hydrogen) atoms. The fourth-order valence-corrected chi connectivity index (χ4v) is 17.3. The Bertz CT molecular complexity index is 5210. The van der Waals surface area contributed by atoms with Crippen LogP contribution in [-0.4, -0.2) is 13.4 Å². The van der Waals surface area contributed by atoms with Gasteiger partial charge in [0.2, 0.25) is 6.71 Å². The second-order valence-corrected chi connectivity index (χ2v) is 27.5. The Hall–Kier alpha value is -10.7. The van der Waals surface area contributed by atoms with Gasteiger partial charge in [0.1, 0.15) is 11.5 Å². The van der Waals surface area contributed by atoms with E-state index in [0.29, 0.717) is 0 Å². The van der Waals surface area contributed by atoms with E-state index in [1.807, 2.05) is 11.8 Å². The second kappa shape index (κ2) is 19.9. The van der Waals surface area contributed by atoms with E-state index in [4.69, 9.17) is 4.74 Å². The van der Waals surface area contributed by atoms with Crippen molar-refractivity contribution in [3.05, 3.63) is 313 Å². The van der Waals surface area contributed by atoms with Gasteiger partial charge in [-0.15, -0.1) is 0 Å². The summed E-state index contributed by atoms with van der Waals surface area (Å²) in [7, 11) is 0. The molecule has 0 fully saturated rings. The van der Waals surface area contributed by atoms with E-state index in [1.165, 1.54) is 65.3 Å². The maximum absolute atomic E-state index is 7.48. The summed E-state index contributed by atoms with van der Waals surface area (Å²) in [6.07, 6.45) is 0. The zero-order valence-electron chi connectivity index (χ0n) is 51.5. The van der Waals surface area contributed by atoms with Crippen LogP contribution < -0.4 is 57.1 Å². The van der Waals surface area contributed by atoms with Crippen LogP contribution in [0, 0.1) is 0 Å². The molecule has 8 heterocycles. The smallest absolute Gasteiger partial charge is 0.256 e. The number of benzene rings is 13. The molecule has 434 valence electrons. The van der Waals surface area contributed by atoms with Crippen molar-refractivity contribution in [2.45, 2.75) is 48.3 Å². The lowest BCUT2D eigenvalue weighted by Gasteiger charge is -2.44. The number of para-hydroxylation sites is 6. The van der Waals surface area contributed by atoms with Crippen LogP contribution in [0.2, 0.25) is 0 Å². The quantitative estimate of drug-likeness (QED) is 0.163. The lowest BCUT2D eigenvalue weighted by Crippen LogP contribution is -2.63. The number of hydrogen-bond acceptors (Lipinski definition) is 6. The zero-order chi connectivity index (χ0) is 61.1. The number of fused-ring (bicyclic) bond motifs is 10. The maximum atomic E-state index is 7.48. The molecule has 8 aliphatic rings. The molecule has 0 atom stereocenters. The van der Waals surface area contributed by atoms with Crippen molar-refractivity contribution >= 4 is 126 Å². The van der Waals surface area contributed by atoms with Crippen LogP contribution in [0.15, 0.2) is 301 Å². The highest BCUT2D eigenvalue weighted by molar-refractivity contribution is 8.00. The van der Waals surface area contributed by atoms with Gasteiger partial charge in [-0.3, -0.25) is 0 Å². The Labute approximate surface area is 542 Å². The van der Waals surface area contributed by atoms with Gasteiger partial charge >= 0.3 is 0 Å². The SMILES string of the molecule is CC1(C)c2ccc(cc2)-c2cccc3c2N2c4cc5c(cc4B4c6ccccc6Oc6cc(cc2c64)N(c2ccccc2)c2cccc1c2)B1c2ccccc2N(c2ccccc2)c2cc(cc(c21)S5)N(c1ccccc1)c1cccc(c1)C(C)(C)c1ccc-3cc1. The number of rotatable bonds is 3. The lowest BCUT2D eigenvalue weighted by molar-refractivity contribution is 0.487. The van der Waals surface area contributed by atoms with Gasteiger partial charge in [-0.05, 0) is 158 Å². The molecule has 0 saturated carbocycles. The average Bonchev–Trinajstić information content (AvgIpc) is 0.765. The number of hydrogen-bond donors (Lipinski definition) is 0. The maximum Gasteiger partial charge on any atom is 0.256 e. The molecule has 13 aromatic rings. The molecule has 0 amide bonds. The summed E-state index contributed by atoms with van der Waals surface area (Å²) < 4.78 is 7.48. The van der Waals surface area contributed by atoms with Crippen LogP contribution >= 0.6 is 11.8 Å². The first-order chi connectivity index (χ1) is 45.1. The topological polar surface area (TPSA) is 22.2 Å². The minimum Gasteiger partial charge on any atom is -0.458 e. The summed E-state index contributed by atoms with van der Waals surface area (Å²) in [5.74, 6) is 1.72. The fraction of sp³-hybridized carbons (Fsp3) is 0.0714. The predicted molar refractivity (Wildman–Crippen MR) is 387 cm³/mol. The van der Waals surface area contributed by atoms with Gasteiger partial charge in [0.15, 0.2) is 0 Å². The number of anilines is 12. The third-order valence-corrected chi connectivity index (χ3v) is 21.9. The van der Waals surface area contributed by atoms with E-state index >= 15 is 0 Å². The van der Waals surface area contributed by atoms with Crippen LogP contribution in [-0.2, 0) is 10.8 Å². The van der Waals surface area contributed by atoms with Crippen LogP contribution in [0.1, 0.15) is 49.9 Å². The average molecular weight is 1200 g/mol. The van der Waals surface area contributed by atoms with Gasteiger partial charge < -0.3 is 24.3 Å². The second-order valence-electron chi connectivity index (χ2n) is 26.4. The molecule has 5 nitrogen and oxygen atoms in total. The number of ether oxygens (including phenoxy) is 1. The molecular formula is C84H60B2N4OS. The van der Waals surface area contributed by atoms with Gasteiger partial charge in [0.05, 0.1) is 11.4 Å². The van der Waals surface area contributed by atoms with Gasteiger partial charge in [-0.25, -0.2) is 0 Å². The van der Waals surface area contributed by atoms with Gasteiger partial charge in [-0.2, -0.15) is 0 Å². The molecule has 0 N–H and O–H groups in total. The summed E-state index contributed by atoms with van der Waals surface area (Å²) in [6, 6.07) is 110. The van der Waals surface area contributed by atoms with E-state index in [0.717, 1.165) is 102 Å². The number of nitrogens with zero attached hydrogens (tertiary/aromatic N) is 4. The van der Waals surface area contributed by atoms with Crippen molar-refractivity contribution in [1.82, 2.24) is 0 Å². The van der Waals surface area contributed by atoms with Crippen molar-refractivity contribution in [3.8, 4) is 33.8 Å². The van der Waals surface area contributed by atoms with Crippen molar-refractivity contribution in [2.24, 2.45) is 0 Å². The van der Waals surface area contributed by atoms with Crippen molar-refractivity contribution < 1.29 is 4.74 Å². The van der Waals surface area contributed by atoms with Gasteiger partial charge in [0, 0.05) is 94.7 Å². The third kappa shape index (κ3) is 7.83. The fourth-order valence-electron chi connectivity index (χ4n) is 16.0. The zero-order valence-corrected chi connectivity index (χ0v) is 52.3. The van der Waals surface area contributed by atoms with Crippen LogP contribution in [0.5, 0.6) is 11.5 Å². The van der Waals surface area contributed by atoms with Crippen LogP contribution in [0.4, 0.5) is 68.2 Å². The monoisotopic (exact) mass is 1190 g/mol. The first kappa shape index (κ1) is 53.2. The largest absolute Gasteiger partial charge is 0.458 e. The molecule has 0 unspecified atom stereocenters. The van der Waals surface area contributed by atoms with Crippen molar-refractivity contribution in [3.63, 3.8) is 0 Å². The van der Waals surface area contributed by atoms with E-state index < -0.39 is 0 Å². The minimum absolute atomic E-state index is 0.101. The highest BCUT2D eigenvalue weighted by Gasteiger charge is 2.48. The molecule has 8 heteroatoms. The summed E-state index contributed by atoms with van der Waals surface area (Å²) >= 11 is 1.92. The minimum atomic E-state index is -0.381. The molecule has 0 spiro atoms. The Kier molecular flexibility index (Phi) is 11.5. The first-order valence-corrected chi connectivity index (χ1v) is 32.9. The summed E-state index contributed by atoms with van der Waals surface area (Å²) in [4.78, 5) is 12.6. The molecule has 0 saturated heterocycles. The third-order valence-electron chi connectivity index (χ3n) is 20.8. The standard InChI is InChI=1S/C84H60B2N4OS/c1-83(2)55-41-37-53(38-42-55)66-31-20-32-67-54-39-43-56(44-40-54)84(3,4)58-22-19-30-63(46-58)88(60-25-10-6-11-26-60)65-48-75-81-79(50-65)92-78-52-73-70(51-71(78)85(81)68-33-14-16-35-72(68)89(75)61-27-12-7-13-28-61)86-69-34-15-17-36-76(69)91-77-49-64(47-74(80(77)86)90(73)82(66)67)87(59-23-8-5-9-24-59)62-29-18-21-57(83)45-62/h5-52H,1-4H3. The van der Waals surface area contributed by atoms with Crippen molar-refractivity contribution in [1.29, 1.82) is 0 Å². The predicted octanol–water partition coefficient (Wildman–Crippen LogP) is 18.4. The molecule has 14 bridgehead atoms. The van der Waals surface area contributed by atoms with Crippen LogP contribution in [0.3, 0.4) is 0 Å². The molecule has 8 aliphatic heterocycles. The van der Waals surface area contributed by atoms with Crippen molar-refractivity contribution in [2.75, 3.05) is 19.6 Å². The van der Waals surface area contributed by atoms with Gasteiger partial charge in [-0.1, -0.05) is 233 Å². The molecule has 21 rings (SSSR count). The molecule has 0 aromatic heterocycles. The van der Waals surface area contributed by atoms with E-state index in [2.05, 4.69) is 338 Å². The lowest BCUT2D eigenvalue weighted by atomic mass is 9.31. The molecule has 13 aromatic carbocycles. The van der Waals surface area contributed by atoms with E-state index in [1.54, 1.807) is 0 Å². The Morgan fingerprint density at radius 2 is 0.783 bits per heavy atom. The summed E-state index contributed by atoms with van der Waals surface area (Å²) in [5, 5.41) is 0. The molecule has 0 radical (unpaired) electrons. The summed E-state index contributed by atoms with van der Waals surface area (Å²) in [5.41, 5.74) is 29.5. The normalized spacial score (nSPS) is 15.0. The molecular weight excluding hydrogens is 1130 g/mol. The summed E-state index contributed by atoms with van der Waals surface area (Å²) in [6.45, 7) is 9.18. The Morgan fingerprint density at radius 3 is 1.38 bits per heavy atom. The first-order valence-electron chi connectivity index (χ1n) is 32.1. The van der Waals surface area contributed by atoms with Crippen LogP contribution in [0.25, 0.3) is 22.3 Å². The highest BCUT2D eigenvalue weighted by atomic mass is 32.2. The Morgan fingerprint density at radius 1 is 0.293 bits per heavy atom. The van der Waals surface area contributed by atoms with E-state index in [9.17, 15) is 0 Å². The molecule has 0 aliphatic carbocycles. The van der Waals surface area contributed by atoms with Gasteiger partial charge in [0.25, 0.3) is 6.71 Å². The van der Waals surface area contributed by atoms with E-state index in [-0.39, 0.29) is 24.3 Å².